The molecule has 0 fully saturated rings. The highest BCUT2D eigenvalue weighted by Crippen LogP contribution is 2.36. The molecule has 0 aliphatic rings. The lowest BCUT2D eigenvalue weighted by molar-refractivity contribution is -0.141. The summed E-state index contributed by atoms with van der Waals surface area (Å²) in [6.45, 7) is 1.24. The molecule has 0 bridgehead atoms. The van der Waals surface area contributed by atoms with Crippen molar-refractivity contribution in [2.24, 2.45) is 0 Å². The van der Waals surface area contributed by atoms with Gasteiger partial charge in [0, 0.05) is 11.1 Å². The van der Waals surface area contributed by atoms with E-state index in [4.69, 9.17) is 4.74 Å². The van der Waals surface area contributed by atoms with E-state index in [-0.39, 0.29) is 16.2 Å². The van der Waals surface area contributed by atoms with Crippen molar-refractivity contribution in [2.75, 3.05) is 11.9 Å². The molecule has 148 valence electrons. The number of ether oxygens (including phenoxy) is 1. The van der Waals surface area contributed by atoms with Crippen LogP contribution in [0.25, 0.3) is 11.3 Å². The standard InChI is InChI=1S/C18H16F3N3O3S/c1-12-16(13-8-10-14(27-2)11-9-13)24(22-17(12)18(19,20)21)23-28(25,26)15-6-4-3-5-7-15/h3-11,23H,1-2H3. The van der Waals surface area contributed by atoms with Gasteiger partial charge in [-0.25, -0.2) is 0 Å². The molecule has 0 saturated carbocycles. The molecule has 1 aromatic heterocycles. The van der Waals surface area contributed by atoms with Crippen molar-refractivity contribution in [3.63, 3.8) is 0 Å². The number of hydrogen-bond acceptors (Lipinski definition) is 4. The molecule has 6 nitrogen and oxygen atoms in total. The molecule has 3 aromatic rings. The highest BCUT2D eigenvalue weighted by atomic mass is 32.2. The van der Waals surface area contributed by atoms with E-state index >= 15 is 0 Å². The van der Waals surface area contributed by atoms with Gasteiger partial charge < -0.3 is 4.74 Å². The van der Waals surface area contributed by atoms with Crippen molar-refractivity contribution in [1.82, 2.24) is 9.89 Å². The Bertz CT molecular complexity index is 1080. The van der Waals surface area contributed by atoms with Crippen LogP contribution in [0.2, 0.25) is 0 Å². The van der Waals surface area contributed by atoms with Crippen molar-refractivity contribution < 1.29 is 26.3 Å². The topological polar surface area (TPSA) is 73.2 Å². The molecule has 28 heavy (non-hydrogen) atoms. The van der Waals surface area contributed by atoms with Crippen LogP contribution in [-0.4, -0.2) is 25.4 Å². The first-order chi connectivity index (χ1) is 13.1. The fraction of sp³-hybridized carbons (Fsp3) is 0.167. The molecule has 0 spiro atoms. The van der Waals surface area contributed by atoms with Gasteiger partial charge in [0.25, 0.3) is 10.0 Å². The third-order valence-electron chi connectivity index (χ3n) is 4.01. The van der Waals surface area contributed by atoms with Crippen LogP contribution in [0.4, 0.5) is 13.2 Å². The molecule has 1 heterocycles. The highest BCUT2D eigenvalue weighted by Gasteiger charge is 2.38. The summed E-state index contributed by atoms with van der Waals surface area (Å²) in [6, 6.07) is 13.5. The lowest BCUT2D eigenvalue weighted by Crippen LogP contribution is -2.25. The Labute approximate surface area is 159 Å². The molecule has 0 atom stereocenters. The maximum absolute atomic E-state index is 13.4. The van der Waals surface area contributed by atoms with Crippen LogP contribution in [-0.2, 0) is 16.2 Å². The number of benzene rings is 2. The molecule has 0 aliphatic heterocycles. The number of nitrogens with zero attached hydrogens (tertiary/aromatic N) is 2. The lowest BCUT2D eigenvalue weighted by atomic mass is 10.1. The fourth-order valence-corrected chi connectivity index (χ4v) is 3.67. The van der Waals surface area contributed by atoms with Crippen molar-refractivity contribution in [3.8, 4) is 17.0 Å². The minimum Gasteiger partial charge on any atom is -0.497 e. The molecule has 0 saturated heterocycles. The van der Waals surface area contributed by atoms with Crippen LogP contribution < -0.4 is 9.57 Å². The zero-order valence-corrected chi connectivity index (χ0v) is 15.7. The van der Waals surface area contributed by atoms with Gasteiger partial charge in [0.15, 0.2) is 5.69 Å². The van der Waals surface area contributed by atoms with Gasteiger partial charge in [-0.1, -0.05) is 18.2 Å². The van der Waals surface area contributed by atoms with Gasteiger partial charge >= 0.3 is 6.18 Å². The van der Waals surface area contributed by atoms with Gasteiger partial charge in [0.05, 0.1) is 17.7 Å². The lowest BCUT2D eigenvalue weighted by Gasteiger charge is -2.12. The number of hydrogen-bond donors (Lipinski definition) is 1. The van der Waals surface area contributed by atoms with Crippen LogP contribution >= 0.6 is 0 Å². The second kappa shape index (κ2) is 7.19. The summed E-state index contributed by atoms with van der Waals surface area (Å²) >= 11 is 0. The maximum Gasteiger partial charge on any atom is 0.435 e. The molecule has 0 radical (unpaired) electrons. The van der Waals surface area contributed by atoms with Crippen LogP contribution in [0.3, 0.4) is 0 Å². The summed E-state index contributed by atoms with van der Waals surface area (Å²) in [7, 11) is -2.69. The van der Waals surface area contributed by atoms with Gasteiger partial charge in [-0.15, -0.1) is 5.10 Å². The Hall–Kier alpha value is -3.01. The van der Waals surface area contributed by atoms with E-state index in [0.29, 0.717) is 16.1 Å². The first-order valence-corrected chi connectivity index (χ1v) is 9.51. The first-order valence-electron chi connectivity index (χ1n) is 8.02. The van der Waals surface area contributed by atoms with E-state index in [1.165, 1.54) is 50.4 Å². The molecule has 2 aromatic carbocycles. The highest BCUT2D eigenvalue weighted by molar-refractivity contribution is 7.92. The third kappa shape index (κ3) is 3.81. The van der Waals surface area contributed by atoms with Crippen molar-refractivity contribution in [1.29, 1.82) is 0 Å². The summed E-state index contributed by atoms with van der Waals surface area (Å²) in [6.07, 6.45) is -4.74. The molecule has 0 unspecified atom stereocenters. The van der Waals surface area contributed by atoms with Gasteiger partial charge in [-0.3, -0.25) is 0 Å². The van der Waals surface area contributed by atoms with E-state index < -0.39 is 21.9 Å². The van der Waals surface area contributed by atoms with E-state index in [2.05, 4.69) is 9.93 Å². The summed E-state index contributed by atoms with van der Waals surface area (Å²) in [5.41, 5.74) is -1.05. The Morgan fingerprint density at radius 2 is 1.64 bits per heavy atom. The van der Waals surface area contributed by atoms with Gasteiger partial charge in [-0.2, -0.15) is 31.2 Å². The monoisotopic (exact) mass is 411 g/mol. The number of halogens is 3. The van der Waals surface area contributed by atoms with Crippen LogP contribution in [0.5, 0.6) is 5.75 Å². The van der Waals surface area contributed by atoms with Crippen molar-refractivity contribution in [2.45, 2.75) is 18.0 Å². The summed E-state index contributed by atoms with van der Waals surface area (Å²) in [4.78, 5) is 2.65. The van der Waals surface area contributed by atoms with E-state index in [9.17, 15) is 21.6 Å². The zero-order valence-electron chi connectivity index (χ0n) is 14.9. The maximum atomic E-state index is 13.4. The minimum absolute atomic E-state index is 0.0190. The van der Waals surface area contributed by atoms with Gasteiger partial charge in [0.1, 0.15) is 5.75 Å². The molecular formula is C18H16F3N3O3S. The average molecular weight is 411 g/mol. The summed E-state index contributed by atoms with van der Waals surface area (Å²) in [5, 5.41) is 3.48. The van der Waals surface area contributed by atoms with Crippen LogP contribution in [0.15, 0.2) is 59.5 Å². The Balaban J connectivity index is 2.14. The molecule has 0 aliphatic carbocycles. The number of aromatic nitrogens is 2. The van der Waals surface area contributed by atoms with E-state index in [1.54, 1.807) is 18.2 Å². The van der Waals surface area contributed by atoms with Crippen molar-refractivity contribution in [3.05, 3.63) is 65.9 Å². The largest absolute Gasteiger partial charge is 0.497 e. The number of methoxy groups -OCH3 is 1. The summed E-state index contributed by atoms with van der Waals surface area (Å²) in [5.74, 6) is 0.508. The van der Waals surface area contributed by atoms with Crippen LogP contribution in [0, 0.1) is 6.92 Å². The average Bonchev–Trinajstić information content (AvgIpc) is 2.98. The molecular weight excluding hydrogens is 395 g/mol. The quantitative estimate of drug-likeness (QED) is 0.693. The Kier molecular flexibility index (Phi) is 5.07. The van der Waals surface area contributed by atoms with Crippen molar-refractivity contribution >= 4 is 10.0 Å². The predicted molar refractivity (Wildman–Crippen MR) is 96.9 cm³/mol. The normalized spacial score (nSPS) is 12.0. The second-order valence-electron chi connectivity index (χ2n) is 5.87. The molecule has 0 amide bonds. The summed E-state index contributed by atoms with van der Waals surface area (Å²) < 4.78 is 70.3. The number of alkyl halides is 3. The number of nitrogens with one attached hydrogen (secondary N) is 1. The Morgan fingerprint density at radius 3 is 2.18 bits per heavy atom. The van der Waals surface area contributed by atoms with E-state index in [1.807, 2.05) is 0 Å². The number of rotatable bonds is 5. The molecule has 10 heteroatoms. The van der Waals surface area contributed by atoms with Crippen LogP contribution in [0.1, 0.15) is 11.3 Å². The minimum atomic E-state index is -4.74. The predicted octanol–water partition coefficient (Wildman–Crippen LogP) is 3.82. The number of sulfonamides is 1. The van der Waals surface area contributed by atoms with E-state index in [0.717, 1.165) is 0 Å². The van der Waals surface area contributed by atoms with Gasteiger partial charge in [0.2, 0.25) is 0 Å². The first kappa shape index (κ1) is 19.7. The SMILES string of the molecule is COc1ccc(-c2c(C)c(C(F)(F)F)nn2NS(=O)(=O)c2ccccc2)cc1. The Morgan fingerprint density at radius 1 is 1.04 bits per heavy atom. The van der Waals surface area contributed by atoms with Gasteiger partial charge in [-0.05, 0) is 43.3 Å². The molecule has 1 N–H and O–H groups in total. The smallest absolute Gasteiger partial charge is 0.435 e. The second-order valence-corrected chi connectivity index (χ2v) is 7.53. The fourth-order valence-electron chi connectivity index (χ4n) is 2.69. The molecule has 3 rings (SSSR count). The zero-order chi connectivity index (χ0) is 20.5. The third-order valence-corrected chi connectivity index (χ3v) is 5.32.